The van der Waals surface area contributed by atoms with E-state index >= 15 is 0 Å². The maximum absolute atomic E-state index is 12.5. The predicted molar refractivity (Wildman–Crippen MR) is 99.1 cm³/mol. The standard InChI is InChI=1S/C17H20ClN3O3S/c1-12-6-7-15(18)9-16(12)21(25(3,23)24)13(2)17(22)20-11-14-5-4-8-19-10-14/h4-10,13H,11H2,1-3H3,(H,20,22). The molecule has 0 bridgehead atoms. The van der Waals surface area contributed by atoms with Crippen molar-refractivity contribution in [2.75, 3.05) is 10.6 Å². The highest BCUT2D eigenvalue weighted by atomic mass is 35.5. The average molecular weight is 382 g/mol. The largest absolute Gasteiger partial charge is 0.350 e. The zero-order chi connectivity index (χ0) is 18.6. The van der Waals surface area contributed by atoms with E-state index in [0.29, 0.717) is 16.3 Å². The number of benzene rings is 1. The highest BCUT2D eigenvalue weighted by Crippen LogP contribution is 2.28. The summed E-state index contributed by atoms with van der Waals surface area (Å²) in [5, 5.41) is 3.14. The van der Waals surface area contributed by atoms with Gasteiger partial charge in [-0.1, -0.05) is 23.7 Å². The number of sulfonamides is 1. The van der Waals surface area contributed by atoms with Gasteiger partial charge < -0.3 is 5.32 Å². The zero-order valence-electron chi connectivity index (χ0n) is 14.2. The summed E-state index contributed by atoms with van der Waals surface area (Å²) >= 11 is 6.01. The van der Waals surface area contributed by atoms with Gasteiger partial charge in [0, 0.05) is 24.0 Å². The number of pyridine rings is 1. The lowest BCUT2D eigenvalue weighted by Crippen LogP contribution is -2.48. The van der Waals surface area contributed by atoms with Gasteiger partial charge in [-0.15, -0.1) is 0 Å². The molecule has 0 aliphatic heterocycles. The van der Waals surface area contributed by atoms with Gasteiger partial charge >= 0.3 is 0 Å². The minimum atomic E-state index is -3.68. The second kappa shape index (κ2) is 7.84. The third-order valence-corrected chi connectivity index (χ3v) is 5.15. The molecule has 0 spiro atoms. The van der Waals surface area contributed by atoms with Gasteiger partial charge in [-0.2, -0.15) is 0 Å². The Morgan fingerprint density at radius 2 is 2.08 bits per heavy atom. The maximum atomic E-state index is 12.5. The van der Waals surface area contributed by atoms with Crippen LogP contribution in [0.1, 0.15) is 18.1 Å². The predicted octanol–water partition coefficient (Wildman–Crippen LogP) is 2.51. The van der Waals surface area contributed by atoms with Crippen LogP contribution in [0.4, 0.5) is 5.69 Å². The quantitative estimate of drug-likeness (QED) is 0.833. The smallest absolute Gasteiger partial charge is 0.243 e. The van der Waals surface area contributed by atoms with Gasteiger partial charge in [-0.05, 0) is 43.2 Å². The van der Waals surface area contributed by atoms with Gasteiger partial charge in [0.05, 0.1) is 11.9 Å². The van der Waals surface area contributed by atoms with Crippen molar-refractivity contribution in [3.63, 3.8) is 0 Å². The number of carbonyl (C=O) groups excluding carboxylic acids is 1. The number of hydrogen-bond donors (Lipinski definition) is 1. The first-order valence-electron chi connectivity index (χ1n) is 7.62. The summed E-state index contributed by atoms with van der Waals surface area (Å²) in [6.07, 6.45) is 4.35. The molecule has 2 aromatic rings. The van der Waals surface area contributed by atoms with Gasteiger partial charge in [-0.25, -0.2) is 8.42 Å². The van der Waals surface area contributed by atoms with Gasteiger partial charge in [0.2, 0.25) is 15.9 Å². The lowest BCUT2D eigenvalue weighted by Gasteiger charge is -2.29. The number of hydrogen-bond acceptors (Lipinski definition) is 4. The van der Waals surface area contributed by atoms with Crippen LogP contribution in [0.2, 0.25) is 5.02 Å². The van der Waals surface area contributed by atoms with Crippen molar-refractivity contribution < 1.29 is 13.2 Å². The third kappa shape index (κ3) is 4.93. The van der Waals surface area contributed by atoms with Crippen LogP contribution < -0.4 is 9.62 Å². The van der Waals surface area contributed by atoms with Crippen LogP contribution >= 0.6 is 11.6 Å². The van der Waals surface area contributed by atoms with E-state index in [2.05, 4.69) is 10.3 Å². The van der Waals surface area contributed by atoms with E-state index in [1.165, 1.54) is 0 Å². The molecule has 8 heteroatoms. The fourth-order valence-corrected chi connectivity index (χ4v) is 3.83. The van der Waals surface area contributed by atoms with E-state index in [0.717, 1.165) is 16.1 Å². The molecule has 1 N–H and O–H groups in total. The minimum absolute atomic E-state index is 0.267. The van der Waals surface area contributed by atoms with Crippen molar-refractivity contribution in [3.8, 4) is 0 Å². The van der Waals surface area contributed by atoms with Crippen molar-refractivity contribution >= 4 is 33.2 Å². The second-order valence-corrected chi connectivity index (χ2v) is 8.04. The Bertz CT molecular complexity index is 857. The summed E-state index contributed by atoms with van der Waals surface area (Å²) < 4.78 is 25.7. The zero-order valence-corrected chi connectivity index (χ0v) is 15.8. The van der Waals surface area contributed by atoms with Crippen molar-refractivity contribution in [1.82, 2.24) is 10.3 Å². The normalized spacial score (nSPS) is 12.5. The average Bonchev–Trinajstić information content (AvgIpc) is 2.55. The van der Waals surface area contributed by atoms with E-state index in [-0.39, 0.29) is 6.54 Å². The van der Waals surface area contributed by atoms with Crippen molar-refractivity contribution in [2.45, 2.75) is 26.4 Å². The highest BCUT2D eigenvalue weighted by Gasteiger charge is 2.30. The number of carbonyl (C=O) groups is 1. The number of aryl methyl sites for hydroxylation is 1. The molecule has 0 saturated carbocycles. The van der Waals surface area contributed by atoms with Crippen LogP contribution in [0, 0.1) is 6.92 Å². The molecule has 1 heterocycles. The highest BCUT2D eigenvalue weighted by molar-refractivity contribution is 7.92. The third-order valence-electron chi connectivity index (χ3n) is 3.69. The Labute approximate surface area is 152 Å². The molecule has 1 aromatic carbocycles. The number of nitrogens with zero attached hydrogens (tertiary/aromatic N) is 2. The van der Waals surface area contributed by atoms with Crippen LogP contribution in [0.3, 0.4) is 0 Å². The molecule has 0 aliphatic carbocycles. The molecule has 6 nitrogen and oxygen atoms in total. The van der Waals surface area contributed by atoms with Crippen molar-refractivity contribution in [1.29, 1.82) is 0 Å². The lowest BCUT2D eigenvalue weighted by molar-refractivity contribution is -0.122. The van der Waals surface area contributed by atoms with Gasteiger partial charge in [0.1, 0.15) is 6.04 Å². The Hall–Kier alpha value is -2.12. The molecule has 0 radical (unpaired) electrons. The van der Waals surface area contributed by atoms with Crippen LogP contribution in [-0.2, 0) is 21.4 Å². The molecule has 1 aromatic heterocycles. The Morgan fingerprint density at radius 1 is 1.36 bits per heavy atom. The van der Waals surface area contributed by atoms with E-state index in [9.17, 15) is 13.2 Å². The molecular weight excluding hydrogens is 362 g/mol. The molecule has 134 valence electrons. The van der Waals surface area contributed by atoms with Crippen LogP contribution in [0.15, 0.2) is 42.7 Å². The SMILES string of the molecule is Cc1ccc(Cl)cc1N(C(C)C(=O)NCc1cccnc1)S(C)(=O)=O. The summed E-state index contributed by atoms with van der Waals surface area (Å²) in [7, 11) is -3.68. The first kappa shape index (κ1) is 19.2. The van der Waals surface area contributed by atoms with Gasteiger partial charge in [0.15, 0.2) is 0 Å². The second-order valence-electron chi connectivity index (χ2n) is 5.74. The molecule has 1 atom stereocenters. The van der Waals surface area contributed by atoms with Crippen molar-refractivity contribution in [2.24, 2.45) is 0 Å². The summed E-state index contributed by atoms with van der Waals surface area (Å²) in [5.74, 6) is -0.409. The van der Waals surface area contributed by atoms with Crippen LogP contribution in [0.25, 0.3) is 0 Å². The number of aromatic nitrogens is 1. The summed E-state index contributed by atoms with van der Waals surface area (Å²) in [4.78, 5) is 16.5. The molecule has 0 fully saturated rings. The topological polar surface area (TPSA) is 79.4 Å². The van der Waals surface area contributed by atoms with E-state index in [4.69, 9.17) is 11.6 Å². The summed E-state index contributed by atoms with van der Waals surface area (Å²) in [6, 6.07) is 7.60. The number of amides is 1. The number of anilines is 1. The Kier molecular flexibility index (Phi) is 6.02. The van der Waals surface area contributed by atoms with E-state index < -0.39 is 22.0 Å². The first-order valence-corrected chi connectivity index (χ1v) is 9.85. The van der Waals surface area contributed by atoms with Crippen LogP contribution in [-0.4, -0.2) is 31.6 Å². The molecule has 1 amide bonds. The van der Waals surface area contributed by atoms with E-state index in [1.807, 2.05) is 6.07 Å². The molecule has 2 rings (SSSR count). The van der Waals surface area contributed by atoms with Gasteiger partial charge in [-0.3, -0.25) is 14.1 Å². The molecule has 25 heavy (non-hydrogen) atoms. The molecule has 0 saturated heterocycles. The molecular formula is C17H20ClN3O3S. The fourth-order valence-electron chi connectivity index (χ4n) is 2.44. The number of halogens is 1. The summed E-state index contributed by atoms with van der Waals surface area (Å²) in [5.41, 5.74) is 1.92. The monoisotopic (exact) mass is 381 g/mol. The first-order chi connectivity index (χ1) is 11.7. The maximum Gasteiger partial charge on any atom is 0.243 e. The lowest BCUT2D eigenvalue weighted by atomic mass is 10.1. The number of nitrogens with one attached hydrogen (secondary N) is 1. The van der Waals surface area contributed by atoms with E-state index in [1.54, 1.807) is 50.5 Å². The Balaban J connectivity index is 2.25. The summed E-state index contributed by atoms with van der Waals surface area (Å²) in [6.45, 7) is 3.58. The minimum Gasteiger partial charge on any atom is -0.350 e. The van der Waals surface area contributed by atoms with Gasteiger partial charge in [0.25, 0.3) is 0 Å². The number of rotatable bonds is 6. The van der Waals surface area contributed by atoms with Crippen LogP contribution in [0.5, 0.6) is 0 Å². The Morgan fingerprint density at radius 3 is 2.68 bits per heavy atom. The molecule has 0 aliphatic rings. The fraction of sp³-hybridized carbons (Fsp3) is 0.294. The molecule has 1 unspecified atom stereocenters. The van der Waals surface area contributed by atoms with Crippen molar-refractivity contribution in [3.05, 3.63) is 58.9 Å².